The maximum atomic E-state index is 10.9. The Morgan fingerprint density at radius 2 is 2.58 bits per heavy atom. The van der Waals surface area contributed by atoms with Crippen LogP contribution in [-0.4, -0.2) is 11.8 Å². The van der Waals surface area contributed by atoms with Crippen LogP contribution in [0.25, 0.3) is 0 Å². The van der Waals surface area contributed by atoms with Crippen LogP contribution in [0.4, 0.5) is 0 Å². The average Bonchev–Trinajstić information content (AvgIpc) is 2.56. The number of carbonyl (C=O) groups is 1. The molecule has 0 aliphatic carbocycles. The number of thiophene rings is 1. The molecule has 12 heavy (non-hydrogen) atoms. The van der Waals surface area contributed by atoms with Gasteiger partial charge in [0.05, 0.1) is 6.04 Å². The predicted molar refractivity (Wildman–Crippen MR) is 51.6 cm³/mol. The number of amides is 1. The van der Waals surface area contributed by atoms with E-state index in [0.29, 0.717) is 0 Å². The molecule has 0 fully saturated rings. The Morgan fingerprint density at radius 1 is 1.83 bits per heavy atom. The first-order valence-corrected chi connectivity index (χ1v) is 5.04. The molecule has 0 aliphatic heterocycles. The molecule has 0 spiro atoms. The molecule has 0 saturated carbocycles. The van der Waals surface area contributed by atoms with Gasteiger partial charge in [-0.2, -0.15) is 0 Å². The van der Waals surface area contributed by atoms with Gasteiger partial charge in [-0.25, -0.2) is 0 Å². The summed E-state index contributed by atoms with van der Waals surface area (Å²) in [5.74, 6) is -0.104. The first kappa shape index (κ1) is 9.55. The van der Waals surface area contributed by atoms with Crippen LogP contribution in [0.3, 0.4) is 0 Å². The Kier molecular flexibility index (Phi) is 3.56. The molecule has 1 rings (SSSR count). The summed E-state index contributed by atoms with van der Waals surface area (Å²) >= 11 is 6.97. The van der Waals surface area contributed by atoms with E-state index in [1.54, 1.807) is 11.3 Å². The molecule has 0 radical (unpaired) electrons. The van der Waals surface area contributed by atoms with Crippen molar-refractivity contribution >= 4 is 28.8 Å². The minimum atomic E-state index is -0.127. The van der Waals surface area contributed by atoms with Crippen molar-refractivity contribution in [2.75, 3.05) is 5.88 Å². The van der Waals surface area contributed by atoms with E-state index in [1.165, 1.54) is 0 Å². The number of halogens is 1. The summed E-state index contributed by atoms with van der Waals surface area (Å²) in [6.45, 7) is 1.94. The van der Waals surface area contributed by atoms with E-state index < -0.39 is 0 Å². The molecule has 1 atom stereocenters. The first-order chi connectivity index (χ1) is 5.74. The van der Waals surface area contributed by atoms with Gasteiger partial charge >= 0.3 is 0 Å². The van der Waals surface area contributed by atoms with Crippen molar-refractivity contribution < 1.29 is 4.79 Å². The van der Waals surface area contributed by atoms with E-state index in [-0.39, 0.29) is 17.8 Å². The van der Waals surface area contributed by atoms with E-state index >= 15 is 0 Å². The summed E-state index contributed by atoms with van der Waals surface area (Å²) in [4.78, 5) is 12.0. The van der Waals surface area contributed by atoms with Crippen molar-refractivity contribution in [3.05, 3.63) is 22.4 Å². The van der Waals surface area contributed by atoms with Gasteiger partial charge in [0.2, 0.25) is 5.91 Å². The van der Waals surface area contributed by atoms with Gasteiger partial charge in [0.25, 0.3) is 0 Å². The fourth-order valence-corrected chi connectivity index (χ4v) is 1.70. The lowest BCUT2D eigenvalue weighted by Crippen LogP contribution is -2.26. The quantitative estimate of drug-likeness (QED) is 0.750. The lowest BCUT2D eigenvalue weighted by Gasteiger charge is -2.09. The van der Waals surface area contributed by atoms with E-state index in [0.717, 1.165) is 4.88 Å². The van der Waals surface area contributed by atoms with Crippen LogP contribution in [0.5, 0.6) is 0 Å². The predicted octanol–water partition coefficient (Wildman–Crippen LogP) is 2.16. The van der Waals surface area contributed by atoms with Crippen LogP contribution in [-0.2, 0) is 4.79 Å². The highest BCUT2D eigenvalue weighted by molar-refractivity contribution is 7.10. The van der Waals surface area contributed by atoms with Gasteiger partial charge in [0.15, 0.2) is 0 Å². The third-order valence-electron chi connectivity index (χ3n) is 1.47. The maximum Gasteiger partial charge on any atom is 0.235 e. The van der Waals surface area contributed by atoms with E-state index in [1.807, 2.05) is 24.4 Å². The molecule has 1 N–H and O–H groups in total. The van der Waals surface area contributed by atoms with Crippen molar-refractivity contribution in [2.24, 2.45) is 0 Å². The van der Waals surface area contributed by atoms with Gasteiger partial charge in [-0.3, -0.25) is 4.79 Å². The summed E-state index contributed by atoms with van der Waals surface area (Å²) < 4.78 is 0. The molecule has 0 aromatic carbocycles. The number of nitrogens with one attached hydrogen (secondary N) is 1. The fraction of sp³-hybridized carbons (Fsp3) is 0.375. The third kappa shape index (κ3) is 2.50. The van der Waals surface area contributed by atoms with Gasteiger partial charge in [0, 0.05) is 4.88 Å². The van der Waals surface area contributed by atoms with Gasteiger partial charge in [-0.15, -0.1) is 22.9 Å². The highest BCUT2D eigenvalue weighted by Gasteiger charge is 2.08. The largest absolute Gasteiger partial charge is 0.348 e. The molecule has 4 heteroatoms. The minimum Gasteiger partial charge on any atom is -0.348 e. The molecular weight excluding hydrogens is 194 g/mol. The molecule has 0 unspecified atom stereocenters. The zero-order valence-electron chi connectivity index (χ0n) is 6.71. The number of rotatable bonds is 3. The fourth-order valence-electron chi connectivity index (χ4n) is 0.889. The van der Waals surface area contributed by atoms with Gasteiger partial charge < -0.3 is 5.32 Å². The van der Waals surface area contributed by atoms with Gasteiger partial charge in [-0.1, -0.05) is 6.07 Å². The van der Waals surface area contributed by atoms with E-state index in [4.69, 9.17) is 11.6 Å². The second-order valence-corrected chi connectivity index (χ2v) is 3.68. The Morgan fingerprint density at radius 3 is 3.08 bits per heavy atom. The number of hydrogen-bond donors (Lipinski definition) is 1. The standard InChI is InChI=1S/C8H10ClNOS/c1-6(10-8(11)5-9)7-3-2-4-12-7/h2-4,6H,5H2,1H3,(H,10,11)/t6-/m0/s1. The Bertz CT molecular complexity index is 248. The molecule has 1 aromatic rings. The van der Waals surface area contributed by atoms with Crippen LogP contribution in [0.15, 0.2) is 17.5 Å². The summed E-state index contributed by atoms with van der Waals surface area (Å²) in [5, 5.41) is 4.76. The first-order valence-electron chi connectivity index (χ1n) is 3.62. The molecule has 0 saturated heterocycles. The van der Waals surface area contributed by atoms with Crippen LogP contribution in [0.1, 0.15) is 17.8 Å². The zero-order valence-corrected chi connectivity index (χ0v) is 8.28. The van der Waals surface area contributed by atoms with E-state index in [9.17, 15) is 4.79 Å². The summed E-state index contributed by atoms with van der Waals surface area (Å²) in [7, 11) is 0. The maximum absolute atomic E-state index is 10.9. The van der Waals surface area contributed by atoms with Crippen molar-refractivity contribution in [3.8, 4) is 0 Å². The molecule has 1 amide bonds. The number of alkyl halides is 1. The van der Waals surface area contributed by atoms with Crippen molar-refractivity contribution in [1.29, 1.82) is 0 Å². The number of carbonyl (C=O) groups excluding carboxylic acids is 1. The summed E-state index contributed by atoms with van der Waals surface area (Å²) in [5.41, 5.74) is 0. The highest BCUT2D eigenvalue weighted by Crippen LogP contribution is 2.17. The molecule has 0 bridgehead atoms. The molecule has 66 valence electrons. The summed E-state index contributed by atoms with van der Waals surface area (Å²) in [6.07, 6.45) is 0. The van der Waals surface area contributed by atoms with E-state index in [2.05, 4.69) is 5.32 Å². The van der Waals surface area contributed by atoms with Crippen molar-refractivity contribution in [2.45, 2.75) is 13.0 Å². The lowest BCUT2D eigenvalue weighted by atomic mass is 10.3. The van der Waals surface area contributed by atoms with Crippen LogP contribution in [0.2, 0.25) is 0 Å². The molecular formula is C8H10ClNOS. The smallest absolute Gasteiger partial charge is 0.235 e. The lowest BCUT2D eigenvalue weighted by molar-refractivity contribution is -0.119. The van der Waals surface area contributed by atoms with Crippen LogP contribution < -0.4 is 5.32 Å². The van der Waals surface area contributed by atoms with Crippen LogP contribution >= 0.6 is 22.9 Å². The average molecular weight is 204 g/mol. The third-order valence-corrected chi connectivity index (χ3v) is 2.77. The minimum absolute atomic E-state index is 0.0235. The normalized spacial score (nSPS) is 12.5. The van der Waals surface area contributed by atoms with Gasteiger partial charge in [0.1, 0.15) is 5.88 Å². The van der Waals surface area contributed by atoms with Crippen molar-refractivity contribution in [1.82, 2.24) is 5.32 Å². The summed E-state index contributed by atoms with van der Waals surface area (Å²) in [6, 6.07) is 4.02. The molecule has 2 nitrogen and oxygen atoms in total. The van der Waals surface area contributed by atoms with Crippen LogP contribution in [0, 0.1) is 0 Å². The Hall–Kier alpha value is -0.540. The zero-order chi connectivity index (χ0) is 8.97. The second-order valence-electron chi connectivity index (χ2n) is 2.44. The SMILES string of the molecule is C[C@H](NC(=O)CCl)c1cccs1. The second kappa shape index (κ2) is 4.48. The number of hydrogen-bond acceptors (Lipinski definition) is 2. The topological polar surface area (TPSA) is 29.1 Å². The molecule has 0 aliphatic rings. The van der Waals surface area contributed by atoms with Crippen molar-refractivity contribution in [3.63, 3.8) is 0 Å². The Balaban J connectivity index is 2.49. The Labute approximate surface area is 80.5 Å². The van der Waals surface area contributed by atoms with Gasteiger partial charge in [-0.05, 0) is 18.4 Å². The monoisotopic (exact) mass is 203 g/mol. The highest BCUT2D eigenvalue weighted by atomic mass is 35.5. The molecule has 1 aromatic heterocycles. The molecule has 1 heterocycles.